The number of rotatable bonds is 3. The number of anilines is 1. The fraction of sp³-hybridized carbons (Fsp3) is 0.500. The van der Waals surface area contributed by atoms with Gasteiger partial charge in [-0.2, -0.15) is 0 Å². The van der Waals surface area contributed by atoms with Crippen molar-refractivity contribution in [3.8, 4) is 0 Å². The van der Waals surface area contributed by atoms with Crippen LogP contribution in [-0.2, 0) is 9.53 Å². The van der Waals surface area contributed by atoms with Crippen LogP contribution in [0, 0.1) is 11.7 Å². The normalized spacial score (nSPS) is 17.8. The second kappa shape index (κ2) is 5.75. The summed E-state index contributed by atoms with van der Waals surface area (Å²) in [6.07, 6.45) is 2.08. The largest absolute Gasteiger partial charge is 0.467 e. The molecule has 1 atom stereocenters. The average molecular weight is 305 g/mol. The Morgan fingerprint density at radius 1 is 1.32 bits per heavy atom. The van der Waals surface area contributed by atoms with Crippen molar-refractivity contribution in [2.24, 2.45) is 5.92 Å². The van der Waals surface area contributed by atoms with E-state index in [1.54, 1.807) is 6.07 Å². The molecule has 1 aliphatic rings. The van der Waals surface area contributed by atoms with Crippen molar-refractivity contribution in [2.45, 2.75) is 46.2 Å². The zero-order valence-electron chi connectivity index (χ0n) is 14.1. The van der Waals surface area contributed by atoms with Gasteiger partial charge < -0.3 is 9.64 Å². The molecule has 22 heavy (non-hydrogen) atoms. The summed E-state index contributed by atoms with van der Waals surface area (Å²) in [5.74, 6) is -0.479. The molecule has 1 aromatic carbocycles. The predicted octanol–water partition coefficient (Wildman–Crippen LogP) is 4.03. The van der Waals surface area contributed by atoms with Crippen LogP contribution in [0.4, 0.5) is 10.1 Å². The molecule has 4 heteroatoms. The molecule has 3 nitrogen and oxygen atoms in total. The number of allylic oxidation sites excluding steroid dienone is 1. The Morgan fingerprint density at radius 2 is 1.95 bits per heavy atom. The van der Waals surface area contributed by atoms with E-state index in [0.29, 0.717) is 0 Å². The minimum Gasteiger partial charge on any atom is -0.467 e. The predicted molar refractivity (Wildman–Crippen MR) is 87.3 cm³/mol. The number of halogens is 1. The van der Waals surface area contributed by atoms with Crippen LogP contribution in [0.3, 0.4) is 0 Å². The van der Waals surface area contributed by atoms with Crippen LogP contribution in [0.2, 0.25) is 0 Å². The standard InChI is InChI=1S/C18H24FNO2/c1-11(2)16(17(21)22-6)20-15-8-7-13(19)9-14(15)12(3)10-18(20,4)5/h7-11,16H,1-6H3/t16-/m0/s1. The molecule has 0 aliphatic carbocycles. The second-order valence-corrected chi connectivity index (χ2v) is 6.72. The molecular formula is C18H24FNO2. The number of carbonyl (C=O) groups is 1. The van der Waals surface area contributed by atoms with E-state index < -0.39 is 6.04 Å². The molecule has 0 aromatic heterocycles. The van der Waals surface area contributed by atoms with Crippen molar-refractivity contribution in [1.82, 2.24) is 0 Å². The molecule has 1 aliphatic heterocycles. The van der Waals surface area contributed by atoms with Crippen molar-refractivity contribution in [1.29, 1.82) is 0 Å². The van der Waals surface area contributed by atoms with E-state index in [-0.39, 0.29) is 23.2 Å². The number of hydrogen-bond acceptors (Lipinski definition) is 3. The molecule has 0 radical (unpaired) electrons. The number of hydrogen-bond donors (Lipinski definition) is 0. The van der Waals surface area contributed by atoms with Crippen molar-refractivity contribution < 1.29 is 13.9 Å². The molecule has 0 spiro atoms. The third-order valence-electron chi connectivity index (χ3n) is 4.19. The van der Waals surface area contributed by atoms with Gasteiger partial charge in [-0.15, -0.1) is 0 Å². The smallest absolute Gasteiger partial charge is 0.328 e. The summed E-state index contributed by atoms with van der Waals surface area (Å²) < 4.78 is 18.6. The van der Waals surface area contributed by atoms with Gasteiger partial charge in [-0.3, -0.25) is 0 Å². The van der Waals surface area contributed by atoms with E-state index in [9.17, 15) is 9.18 Å². The van der Waals surface area contributed by atoms with Crippen molar-refractivity contribution in [3.05, 3.63) is 35.7 Å². The van der Waals surface area contributed by atoms with Crippen LogP contribution < -0.4 is 4.90 Å². The van der Waals surface area contributed by atoms with Gasteiger partial charge in [0.2, 0.25) is 0 Å². The lowest BCUT2D eigenvalue weighted by molar-refractivity contribution is -0.143. The molecule has 0 amide bonds. The highest BCUT2D eigenvalue weighted by Gasteiger charge is 2.41. The third-order valence-corrected chi connectivity index (χ3v) is 4.19. The number of ether oxygens (including phenoxy) is 1. The van der Waals surface area contributed by atoms with Gasteiger partial charge in [-0.25, -0.2) is 9.18 Å². The van der Waals surface area contributed by atoms with Crippen molar-refractivity contribution >= 4 is 17.2 Å². The molecule has 0 saturated heterocycles. The van der Waals surface area contributed by atoms with E-state index in [0.717, 1.165) is 16.8 Å². The zero-order valence-corrected chi connectivity index (χ0v) is 14.1. The second-order valence-electron chi connectivity index (χ2n) is 6.72. The Morgan fingerprint density at radius 3 is 2.50 bits per heavy atom. The van der Waals surface area contributed by atoms with E-state index in [1.807, 2.05) is 25.7 Å². The van der Waals surface area contributed by atoms with Crippen molar-refractivity contribution in [2.75, 3.05) is 12.0 Å². The van der Waals surface area contributed by atoms with Crippen LogP contribution in [0.15, 0.2) is 24.3 Å². The highest BCUT2D eigenvalue weighted by Crippen LogP contribution is 2.41. The summed E-state index contributed by atoms with van der Waals surface area (Å²) in [5.41, 5.74) is 2.35. The SMILES string of the molecule is COC(=O)[C@H](C(C)C)N1c2ccc(F)cc2C(C)=CC1(C)C. The van der Waals surface area contributed by atoms with Gasteiger partial charge in [-0.05, 0) is 50.5 Å². The fourth-order valence-corrected chi connectivity index (χ4v) is 3.33. The van der Waals surface area contributed by atoms with E-state index in [2.05, 4.69) is 19.9 Å². The quantitative estimate of drug-likeness (QED) is 0.790. The van der Waals surface area contributed by atoms with Crippen LogP contribution in [0.25, 0.3) is 5.57 Å². The van der Waals surface area contributed by atoms with Crippen LogP contribution in [-0.4, -0.2) is 24.7 Å². The lowest BCUT2D eigenvalue weighted by atomic mass is 9.85. The number of fused-ring (bicyclic) bond motifs is 1. The summed E-state index contributed by atoms with van der Waals surface area (Å²) in [6.45, 7) is 10.1. The van der Waals surface area contributed by atoms with Gasteiger partial charge in [0.05, 0.1) is 12.6 Å². The lowest BCUT2D eigenvalue weighted by Gasteiger charge is -2.47. The van der Waals surface area contributed by atoms with E-state index >= 15 is 0 Å². The highest BCUT2D eigenvalue weighted by molar-refractivity contribution is 5.87. The van der Waals surface area contributed by atoms with Gasteiger partial charge in [0.1, 0.15) is 11.9 Å². The van der Waals surface area contributed by atoms with Gasteiger partial charge >= 0.3 is 5.97 Å². The summed E-state index contributed by atoms with van der Waals surface area (Å²) >= 11 is 0. The van der Waals surface area contributed by atoms with Gasteiger partial charge in [0, 0.05) is 11.3 Å². The summed E-state index contributed by atoms with van der Waals surface area (Å²) in [4.78, 5) is 14.4. The van der Waals surface area contributed by atoms with Crippen LogP contribution in [0.5, 0.6) is 0 Å². The van der Waals surface area contributed by atoms with E-state index in [1.165, 1.54) is 19.2 Å². The molecule has 0 unspecified atom stereocenters. The Hall–Kier alpha value is -1.84. The zero-order chi connectivity index (χ0) is 16.7. The number of carbonyl (C=O) groups excluding carboxylic acids is 1. The molecule has 0 saturated carbocycles. The fourth-order valence-electron chi connectivity index (χ4n) is 3.33. The summed E-state index contributed by atoms with van der Waals surface area (Å²) in [5, 5.41) is 0. The molecule has 1 aromatic rings. The number of benzene rings is 1. The molecule has 1 heterocycles. The average Bonchev–Trinajstić information content (AvgIpc) is 2.42. The lowest BCUT2D eigenvalue weighted by Crippen LogP contribution is -2.56. The molecule has 120 valence electrons. The number of methoxy groups -OCH3 is 1. The minimum absolute atomic E-state index is 0.0661. The van der Waals surface area contributed by atoms with Crippen LogP contribution in [0.1, 0.15) is 40.2 Å². The van der Waals surface area contributed by atoms with Gasteiger partial charge in [0.25, 0.3) is 0 Å². The maximum absolute atomic E-state index is 13.6. The Balaban J connectivity index is 2.65. The summed E-state index contributed by atoms with van der Waals surface area (Å²) in [6, 6.07) is 4.29. The van der Waals surface area contributed by atoms with Gasteiger partial charge in [-0.1, -0.05) is 19.9 Å². The first kappa shape index (κ1) is 16.5. The van der Waals surface area contributed by atoms with Crippen LogP contribution >= 0.6 is 0 Å². The first-order chi connectivity index (χ1) is 10.2. The van der Waals surface area contributed by atoms with E-state index in [4.69, 9.17) is 4.74 Å². The Bertz CT molecular complexity index is 620. The molecular weight excluding hydrogens is 281 g/mol. The maximum Gasteiger partial charge on any atom is 0.328 e. The van der Waals surface area contributed by atoms with Gasteiger partial charge in [0.15, 0.2) is 0 Å². The summed E-state index contributed by atoms with van der Waals surface area (Å²) in [7, 11) is 1.40. The monoisotopic (exact) mass is 305 g/mol. The minimum atomic E-state index is -0.423. The van der Waals surface area contributed by atoms with Crippen molar-refractivity contribution in [3.63, 3.8) is 0 Å². The molecule has 2 rings (SSSR count). The highest BCUT2D eigenvalue weighted by atomic mass is 19.1. The first-order valence-electron chi connectivity index (χ1n) is 7.55. The number of esters is 1. The molecule has 0 N–H and O–H groups in total. The number of nitrogens with zero attached hydrogens (tertiary/aromatic N) is 1. The maximum atomic E-state index is 13.6. The first-order valence-corrected chi connectivity index (χ1v) is 7.55. The third kappa shape index (κ3) is 2.74. The Labute approximate surface area is 131 Å². The Kier molecular flexibility index (Phi) is 4.32. The topological polar surface area (TPSA) is 29.5 Å². The molecule has 0 fully saturated rings. The molecule has 0 bridgehead atoms.